The Labute approximate surface area is 90.8 Å². The van der Waals surface area contributed by atoms with E-state index in [4.69, 9.17) is 15.7 Å². The molecule has 2 N–H and O–H groups in total. The fourth-order valence-electron chi connectivity index (χ4n) is 1.44. The number of benzene rings is 1. The summed E-state index contributed by atoms with van der Waals surface area (Å²) < 4.78 is 5.11. The van der Waals surface area contributed by atoms with E-state index in [-0.39, 0.29) is 12.3 Å². The Morgan fingerprint density at radius 3 is 3.00 bits per heavy atom. The average molecular weight is 217 g/mol. The van der Waals surface area contributed by atoms with Crippen LogP contribution in [-0.2, 0) is 9.59 Å². The predicted molar refractivity (Wildman–Crippen MR) is 54.5 cm³/mol. The Morgan fingerprint density at radius 1 is 1.56 bits per heavy atom. The van der Waals surface area contributed by atoms with Crippen LogP contribution in [0.5, 0.6) is 5.75 Å². The number of hydrogen-bond acceptors (Lipinski definition) is 5. The third-order valence-corrected chi connectivity index (χ3v) is 2.12. The lowest BCUT2D eigenvalue weighted by molar-refractivity contribution is -0.126. The van der Waals surface area contributed by atoms with Crippen LogP contribution in [0.4, 0.5) is 11.4 Å². The van der Waals surface area contributed by atoms with Crippen LogP contribution in [0.1, 0.15) is 0 Å². The van der Waals surface area contributed by atoms with Crippen LogP contribution in [0.2, 0.25) is 0 Å². The number of anilines is 2. The lowest BCUT2D eigenvalue weighted by Gasteiger charge is -2.25. The van der Waals surface area contributed by atoms with E-state index in [1.54, 1.807) is 12.1 Å². The van der Waals surface area contributed by atoms with Gasteiger partial charge in [0.1, 0.15) is 5.75 Å². The molecule has 0 fully saturated rings. The van der Waals surface area contributed by atoms with Crippen molar-refractivity contribution in [2.24, 2.45) is 0 Å². The van der Waals surface area contributed by atoms with E-state index >= 15 is 0 Å². The van der Waals surface area contributed by atoms with Crippen LogP contribution < -0.4 is 15.4 Å². The number of hydrogen-bond donors (Lipinski definition) is 1. The number of carbonyl (C=O) groups excluding carboxylic acids is 2. The third kappa shape index (κ3) is 1.44. The molecular formula is C10H7N3O3. The molecule has 6 heteroatoms. The second-order valence-corrected chi connectivity index (χ2v) is 3.16. The lowest BCUT2D eigenvalue weighted by Crippen LogP contribution is -2.42. The van der Waals surface area contributed by atoms with Crippen molar-refractivity contribution in [3.05, 3.63) is 18.2 Å². The number of nitrogens with two attached hydrogens (primary N) is 1. The Morgan fingerprint density at radius 2 is 2.31 bits per heavy atom. The van der Waals surface area contributed by atoms with Crippen LogP contribution in [0.25, 0.3) is 0 Å². The van der Waals surface area contributed by atoms with Crippen molar-refractivity contribution in [1.82, 2.24) is 0 Å². The Bertz CT molecular complexity index is 519. The molecule has 0 radical (unpaired) electrons. The molecule has 6 nitrogen and oxygen atoms in total. The van der Waals surface area contributed by atoms with E-state index in [0.29, 0.717) is 11.4 Å². The molecule has 1 heterocycles. The minimum Gasteiger partial charge on any atom is -0.482 e. The first-order valence-corrected chi connectivity index (χ1v) is 4.43. The molecule has 1 aliphatic rings. The van der Waals surface area contributed by atoms with Crippen molar-refractivity contribution in [3.8, 4) is 11.8 Å². The Hall–Kier alpha value is -2.55. The molecule has 0 spiro atoms. The van der Waals surface area contributed by atoms with Gasteiger partial charge in [0.25, 0.3) is 5.91 Å². The fraction of sp³-hybridized carbons (Fsp3) is 0.100. The Balaban J connectivity index is 2.55. The second kappa shape index (κ2) is 3.55. The highest BCUT2D eigenvalue weighted by molar-refractivity contribution is 6.22. The standard InChI is InChI=1S/C10H7N3O3/c11-4-9(14)13-7-3-6(12)1-2-8(7)16-5-10(13)15/h1-3H,5,12H2. The molecule has 2 rings (SSSR count). The van der Waals surface area contributed by atoms with Crippen molar-refractivity contribution in [2.45, 2.75) is 0 Å². The molecule has 0 saturated carbocycles. The van der Waals surface area contributed by atoms with Gasteiger partial charge < -0.3 is 10.5 Å². The van der Waals surface area contributed by atoms with Gasteiger partial charge in [-0.2, -0.15) is 5.26 Å². The monoisotopic (exact) mass is 217 g/mol. The van der Waals surface area contributed by atoms with E-state index in [1.807, 2.05) is 0 Å². The van der Waals surface area contributed by atoms with E-state index in [2.05, 4.69) is 0 Å². The molecule has 0 aromatic heterocycles. The molecule has 0 aliphatic carbocycles. The van der Waals surface area contributed by atoms with E-state index in [1.165, 1.54) is 12.1 Å². The van der Waals surface area contributed by atoms with E-state index < -0.39 is 11.8 Å². The first-order valence-electron chi connectivity index (χ1n) is 4.43. The topological polar surface area (TPSA) is 96.4 Å². The maximum atomic E-state index is 11.5. The molecule has 0 unspecified atom stereocenters. The zero-order valence-electron chi connectivity index (χ0n) is 8.14. The fourth-order valence-corrected chi connectivity index (χ4v) is 1.44. The molecule has 1 aromatic rings. The van der Waals surface area contributed by atoms with Gasteiger partial charge in [-0.05, 0) is 18.2 Å². The van der Waals surface area contributed by atoms with Crippen LogP contribution in [0.3, 0.4) is 0 Å². The zero-order valence-corrected chi connectivity index (χ0v) is 8.14. The minimum absolute atomic E-state index is 0.211. The van der Waals surface area contributed by atoms with Crippen LogP contribution in [0, 0.1) is 11.3 Å². The molecule has 1 aromatic carbocycles. The van der Waals surface area contributed by atoms with Crippen LogP contribution in [0.15, 0.2) is 18.2 Å². The van der Waals surface area contributed by atoms with Crippen molar-refractivity contribution in [1.29, 1.82) is 5.26 Å². The average Bonchev–Trinajstić information content (AvgIpc) is 2.28. The zero-order chi connectivity index (χ0) is 11.7. The van der Waals surface area contributed by atoms with Gasteiger partial charge in [0.15, 0.2) is 12.7 Å². The number of amides is 2. The summed E-state index contributed by atoms with van der Waals surface area (Å²) in [5.41, 5.74) is 6.14. The van der Waals surface area contributed by atoms with E-state index in [0.717, 1.165) is 4.90 Å². The van der Waals surface area contributed by atoms with Crippen molar-refractivity contribution in [3.63, 3.8) is 0 Å². The highest BCUT2D eigenvalue weighted by Crippen LogP contribution is 2.33. The maximum absolute atomic E-state index is 11.5. The number of fused-ring (bicyclic) bond motifs is 1. The van der Waals surface area contributed by atoms with Crippen LogP contribution >= 0.6 is 0 Å². The predicted octanol–water partition coefficient (Wildman–Crippen LogP) is 0.0444. The number of nitriles is 1. The molecule has 16 heavy (non-hydrogen) atoms. The number of nitrogen functional groups attached to an aromatic ring is 1. The second-order valence-electron chi connectivity index (χ2n) is 3.16. The highest BCUT2D eigenvalue weighted by atomic mass is 16.5. The molecule has 0 atom stereocenters. The van der Waals surface area contributed by atoms with Crippen molar-refractivity contribution >= 4 is 23.2 Å². The quantitative estimate of drug-likeness (QED) is 0.489. The first-order chi connectivity index (χ1) is 7.63. The summed E-state index contributed by atoms with van der Waals surface area (Å²) >= 11 is 0. The molecule has 0 bridgehead atoms. The molecule has 80 valence electrons. The SMILES string of the molecule is N#CC(=O)N1C(=O)COc2ccc(N)cc21. The smallest absolute Gasteiger partial charge is 0.336 e. The van der Waals surface area contributed by atoms with E-state index in [9.17, 15) is 9.59 Å². The van der Waals surface area contributed by atoms with Gasteiger partial charge in [-0.1, -0.05) is 0 Å². The van der Waals surface area contributed by atoms with Crippen molar-refractivity contribution < 1.29 is 14.3 Å². The summed E-state index contributed by atoms with van der Waals surface area (Å²) in [7, 11) is 0. The van der Waals surface area contributed by atoms with Gasteiger partial charge in [0.05, 0.1) is 5.69 Å². The van der Waals surface area contributed by atoms with Gasteiger partial charge >= 0.3 is 5.91 Å². The third-order valence-electron chi connectivity index (χ3n) is 2.12. The van der Waals surface area contributed by atoms with Gasteiger partial charge in [0.2, 0.25) is 0 Å². The largest absolute Gasteiger partial charge is 0.482 e. The number of rotatable bonds is 0. The normalized spacial score (nSPS) is 13.7. The number of imide groups is 1. The molecule has 2 amide bonds. The summed E-state index contributed by atoms with van der Waals surface area (Å²) in [5, 5.41) is 8.53. The van der Waals surface area contributed by atoms with Gasteiger partial charge in [-0.15, -0.1) is 0 Å². The number of carbonyl (C=O) groups is 2. The highest BCUT2D eigenvalue weighted by Gasteiger charge is 2.30. The van der Waals surface area contributed by atoms with Gasteiger partial charge in [-0.3, -0.25) is 9.59 Å². The summed E-state index contributed by atoms with van der Waals surface area (Å²) in [6.07, 6.45) is 0. The summed E-state index contributed by atoms with van der Waals surface area (Å²) in [4.78, 5) is 23.5. The van der Waals surface area contributed by atoms with Gasteiger partial charge in [-0.25, -0.2) is 4.90 Å². The maximum Gasteiger partial charge on any atom is 0.336 e. The number of nitrogens with zero attached hydrogens (tertiary/aromatic N) is 2. The summed E-state index contributed by atoms with van der Waals surface area (Å²) in [6.45, 7) is -0.260. The summed E-state index contributed by atoms with van der Waals surface area (Å²) in [5.74, 6) is -1.16. The minimum atomic E-state index is -0.944. The summed E-state index contributed by atoms with van der Waals surface area (Å²) in [6, 6.07) is 5.95. The molecule has 0 saturated heterocycles. The molecule has 1 aliphatic heterocycles. The first kappa shape index (κ1) is 9.98. The van der Waals surface area contributed by atoms with Crippen molar-refractivity contribution in [2.75, 3.05) is 17.2 Å². The lowest BCUT2D eigenvalue weighted by atomic mass is 10.2. The van der Waals surface area contributed by atoms with Crippen LogP contribution in [-0.4, -0.2) is 18.4 Å². The van der Waals surface area contributed by atoms with Gasteiger partial charge in [0, 0.05) is 5.69 Å². The number of ether oxygens (including phenoxy) is 1. The Kier molecular flexibility index (Phi) is 2.21. The molecular weight excluding hydrogens is 210 g/mol.